The van der Waals surface area contributed by atoms with Crippen LogP contribution in [0.2, 0.25) is 0 Å². The summed E-state index contributed by atoms with van der Waals surface area (Å²) in [6, 6.07) is 5.94. The van der Waals surface area contributed by atoms with Gasteiger partial charge in [-0.3, -0.25) is 0 Å². The third kappa shape index (κ3) is 3.86. The van der Waals surface area contributed by atoms with Gasteiger partial charge in [0, 0.05) is 5.57 Å². The van der Waals surface area contributed by atoms with Crippen molar-refractivity contribution in [1.82, 2.24) is 0 Å². The molecule has 0 aliphatic heterocycles. The van der Waals surface area contributed by atoms with Crippen LogP contribution in [0, 0.1) is 6.92 Å². The van der Waals surface area contributed by atoms with Crippen LogP contribution in [0.15, 0.2) is 30.4 Å². The van der Waals surface area contributed by atoms with E-state index in [4.69, 9.17) is 9.84 Å². The van der Waals surface area contributed by atoms with Crippen LogP contribution in [-0.4, -0.2) is 24.3 Å². The van der Waals surface area contributed by atoms with Crippen LogP contribution in [0.1, 0.15) is 23.6 Å². The molecule has 1 N–H and O–H groups in total. The fraction of sp³-hybridized carbons (Fsp3) is 0.267. The molecule has 0 radical (unpaired) electrons. The lowest BCUT2D eigenvalue weighted by atomic mass is 10.0. The molecule has 0 fully saturated rings. The quantitative estimate of drug-likeness (QED) is 0.641. The van der Waals surface area contributed by atoms with Crippen molar-refractivity contribution < 1.29 is 14.6 Å². The molecule has 3 nitrogen and oxygen atoms in total. The van der Waals surface area contributed by atoms with Crippen LogP contribution in [-0.2, 0) is 9.53 Å². The molecule has 18 heavy (non-hydrogen) atoms. The minimum Gasteiger partial charge on any atom is -0.460 e. The second-order valence-corrected chi connectivity index (χ2v) is 4.02. The van der Waals surface area contributed by atoms with E-state index in [2.05, 4.69) is 6.58 Å². The Labute approximate surface area is 107 Å². The number of aryl methyl sites for hydroxylation is 1. The van der Waals surface area contributed by atoms with Crippen LogP contribution in [0.4, 0.5) is 0 Å². The van der Waals surface area contributed by atoms with Gasteiger partial charge in [-0.25, -0.2) is 4.79 Å². The molecular formula is C15H18O3. The summed E-state index contributed by atoms with van der Waals surface area (Å²) in [6.45, 7) is 7.28. The highest BCUT2D eigenvalue weighted by Crippen LogP contribution is 2.17. The molecule has 96 valence electrons. The van der Waals surface area contributed by atoms with E-state index in [9.17, 15) is 4.79 Å². The molecule has 0 amide bonds. The smallest absolute Gasteiger partial charge is 0.333 e. The monoisotopic (exact) mass is 246 g/mol. The van der Waals surface area contributed by atoms with E-state index in [-0.39, 0.29) is 13.2 Å². The second-order valence-electron chi connectivity index (χ2n) is 4.02. The normalized spacial score (nSPS) is 11.2. The van der Waals surface area contributed by atoms with Gasteiger partial charge in [0.1, 0.15) is 6.61 Å². The van der Waals surface area contributed by atoms with Gasteiger partial charge in [0.05, 0.1) is 6.61 Å². The fourth-order valence-corrected chi connectivity index (χ4v) is 1.55. The van der Waals surface area contributed by atoms with Gasteiger partial charge in [0.15, 0.2) is 0 Å². The first-order valence-electron chi connectivity index (χ1n) is 5.78. The van der Waals surface area contributed by atoms with Crippen LogP contribution in [0.3, 0.4) is 0 Å². The zero-order valence-electron chi connectivity index (χ0n) is 10.8. The number of esters is 1. The van der Waals surface area contributed by atoms with E-state index in [0.717, 1.165) is 16.7 Å². The Balaban J connectivity index is 2.97. The molecule has 0 spiro atoms. The van der Waals surface area contributed by atoms with Crippen LogP contribution in [0.5, 0.6) is 0 Å². The average Bonchev–Trinajstić information content (AvgIpc) is 2.36. The highest BCUT2D eigenvalue weighted by atomic mass is 16.5. The first-order valence-corrected chi connectivity index (χ1v) is 5.78. The Hall–Kier alpha value is -1.87. The van der Waals surface area contributed by atoms with Crippen molar-refractivity contribution in [2.24, 2.45) is 0 Å². The second kappa shape index (κ2) is 6.77. The molecule has 0 unspecified atom stereocenters. The number of hydrogen-bond acceptors (Lipinski definition) is 3. The minimum absolute atomic E-state index is 0.0200. The molecule has 0 saturated carbocycles. The summed E-state index contributed by atoms with van der Waals surface area (Å²) in [5, 5.41) is 8.60. The topological polar surface area (TPSA) is 46.5 Å². The van der Waals surface area contributed by atoms with Gasteiger partial charge in [-0.05, 0) is 31.1 Å². The molecule has 0 bridgehead atoms. The van der Waals surface area contributed by atoms with Gasteiger partial charge in [0.25, 0.3) is 0 Å². The summed E-state index contributed by atoms with van der Waals surface area (Å²) in [6.07, 6.45) is 3.52. The van der Waals surface area contributed by atoms with Crippen molar-refractivity contribution in [1.29, 1.82) is 0 Å². The van der Waals surface area contributed by atoms with E-state index in [1.165, 1.54) is 0 Å². The molecule has 0 aliphatic carbocycles. The number of hydrogen-bond donors (Lipinski definition) is 1. The van der Waals surface area contributed by atoms with Gasteiger partial charge in [0.2, 0.25) is 0 Å². The SMILES string of the molecule is C=Cc1ccc(C)cc1/C=C(\C)C(=O)OCCO. The van der Waals surface area contributed by atoms with Gasteiger partial charge >= 0.3 is 5.97 Å². The Bertz CT molecular complexity index is 473. The van der Waals surface area contributed by atoms with Crippen LogP contribution >= 0.6 is 0 Å². The molecule has 1 aromatic rings. The molecule has 1 rings (SSSR count). The van der Waals surface area contributed by atoms with E-state index >= 15 is 0 Å². The maximum Gasteiger partial charge on any atom is 0.333 e. The molecule has 0 atom stereocenters. The van der Waals surface area contributed by atoms with Crippen LogP contribution in [0.25, 0.3) is 12.2 Å². The van der Waals surface area contributed by atoms with E-state index in [1.54, 1.807) is 19.1 Å². The number of aliphatic hydroxyl groups is 1. The van der Waals surface area contributed by atoms with Gasteiger partial charge in [-0.15, -0.1) is 0 Å². The minimum atomic E-state index is -0.416. The third-order valence-electron chi connectivity index (χ3n) is 2.48. The van der Waals surface area contributed by atoms with Crippen molar-refractivity contribution in [3.05, 3.63) is 47.0 Å². The predicted octanol–water partition coefficient (Wildman–Crippen LogP) is 2.58. The maximum absolute atomic E-state index is 11.6. The molecule has 0 aromatic heterocycles. The predicted molar refractivity (Wildman–Crippen MR) is 73.0 cm³/mol. The van der Waals surface area contributed by atoms with E-state index in [0.29, 0.717) is 5.57 Å². The lowest BCUT2D eigenvalue weighted by Crippen LogP contribution is -2.09. The summed E-state index contributed by atoms with van der Waals surface area (Å²) in [4.78, 5) is 11.6. The number of ether oxygens (including phenoxy) is 1. The molecule has 0 heterocycles. The van der Waals surface area contributed by atoms with Crippen molar-refractivity contribution >= 4 is 18.1 Å². The van der Waals surface area contributed by atoms with Crippen molar-refractivity contribution in [2.75, 3.05) is 13.2 Å². The highest BCUT2D eigenvalue weighted by molar-refractivity contribution is 5.93. The fourth-order valence-electron chi connectivity index (χ4n) is 1.55. The number of rotatable bonds is 5. The molecule has 1 aromatic carbocycles. The zero-order chi connectivity index (χ0) is 13.5. The highest BCUT2D eigenvalue weighted by Gasteiger charge is 2.06. The van der Waals surface area contributed by atoms with Crippen molar-refractivity contribution in [3.63, 3.8) is 0 Å². The summed E-state index contributed by atoms with van der Waals surface area (Å²) in [5.41, 5.74) is 3.51. The lowest BCUT2D eigenvalue weighted by molar-refractivity contribution is -0.139. The number of carbonyl (C=O) groups excluding carboxylic acids is 1. The Morgan fingerprint density at radius 1 is 1.44 bits per heavy atom. The Kier molecular flexibility index (Phi) is 5.33. The number of carbonyl (C=O) groups is 1. The molecule has 0 aliphatic rings. The lowest BCUT2D eigenvalue weighted by Gasteiger charge is -2.06. The average molecular weight is 246 g/mol. The van der Waals surface area contributed by atoms with Crippen molar-refractivity contribution in [3.8, 4) is 0 Å². The summed E-state index contributed by atoms with van der Waals surface area (Å²) < 4.78 is 4.85. The summed E-state index contributed by atoms with van der Waals surface area (Å²) in [7, 11) is 0. The maximum atomic E-state index is 11.6. The van der Waals surface area contributed by atoms with Gasteiger partial charge in [-0.2, -0.15) is 0 Å². The summed E-state index contributed by atoms with van der Waals surface area (Å²) >= 11 is 0. The summed E-state index contributed by atoms with van der Waals surface area (Å²) in [5.74, 6) is -0.416. The first-order chi connectivity index (χ1) is 8.58. The molecular weight excluding hydrogens is 228 g/mol. The Morgan fingerprint density at radius 3 is 2.78 bits per heavy atom. The molecule has 0 saturated heterocycles. The van der Waals surface area contributed by atoms with Gasteiger partial charge in [-0.1, -0.05) is 36.4 Å². The number of benzene rings is 1. The number of aliphatic hydroxyl groups excluding tert-OH is 1. The first kappa shape index (κ1) is 14.2. The van der Waals surface area contributed by atoms with E-state index in [1.807, 2.05) is 25.1 Å². The zero-order valence-corrected chi connectivity index (χ0v) is 10.8. The van der Waals surface area contributed by atoms with Gasteiger partial charge < -0.3 is 9.84 Å². The van der Waals surface area contributed by atoms with E-state index < -0.39 is 5.97 Å². The third-order valence-corrected chi connectivity index (χ3v) is 2.48. The van der Waals surface area contributed by atoms with Crippen molar-refractivity contribution in [2.45, 2.75) is 13.8 Å². The standard InChI is InChI=1S/C15H18O3/c1-4-13-6-5-11(2)9-14(13)10-12(3)15(17)18-8-7-16/h4-6,9-10,16H,1,7-8H2,2-3H3/b12-10+. The molecule has 3 heteroatoms. The largest absolute Gasteiger partial charge is 0.460 e. The van der Waals surface area contributed by atoms with Crippen LogP contribution < -0.4 is 0 Å². The Morgan fingerprint density at radius 2 is 2.17 bits per heavy atom.